The van der Waals surface area contributed by atoms with Crippen molar-refractivity contribution in [3.63, 3.8) is 0 Å². The molecule has 3 aromatic rings. The van der Waals surface area contributed by atoms with E-state index in [0.717, 1.165) is 5.75 Å². The average molecular weight is 359 g/mol. The summed E-state index contributed by atoms with van der Waals surface area (Å²) in [6, 6.07) is 32.9. The van der Waals surface area contributed by atoms with E-state index < -0.39 is 10.0 Å². The van der Waals surface area contributed by atoms with Crippen LogP contribution in [0.2, 0.25) is 0 Å². The van der Waals surface area contributed by atoms with Crippen molar-refractivity contribution in [3.8, 4) is 0 Å². The van der Waals surface area contributed by atoms with Gasteiger partial charge in [-0.15, -0.1) is 0 Å². The minimum absolute atomic E-state index is 0.996. The van der Waals surface area contributed by atoms with Crippen molar-refractivity contribution in [2.45, 2.75) is 28.5 Å². The summed E-state index contributed by atoms with van der Waals surface area (Å²) in [4.78, 5) is 4.21. The van der Waals surface area contributed by atoms with E-state index in [0.29, 0.717) is 0 Å². The number of hydrogen-bond acceptors (Lipinski definition) is 0. The molecule has 0 atom stereocenters. The molecule has 0 saturated heterocycles. The molecule has 3 rings (SSSR count). The molecule has 0 amide bonds. The van der Waals surface area contributed by atoms with Crippen LogP contribution in [0, 0.1) is 0 Å². The third-order valence-corrected chi connectivity index (χ3v) is 8.54. The Balaban J connectivity index is 2.23. The SMILES string of the molecule is C/C=C(C)\C=C/CS(c1ccccc1)(c1ccccc1)c1ccccc1. The Bertz CT molecular complexity index is 765. The third-order valence-electron chi connectivity index (χ3n) is 4.62. The van der Waals surface area contributed by atoms with Gasteiger partial charge in [-0.2, -0.15) is 10.0 Å². The molecule has 1 heteroatoms. The first-order valence-electron chi connectivity index (χ1n) is 9.03. The van der Waals surface area contributed by atoms with Crippen molar-refractivity contribution in [1.29, 1.82) is 0 Å². The van der Waals surface area contributed by atoms with Crippen LogP contribution in [0.3, 0.4) is 0 Å². The molecule has 0 nitrogen and oxygen atoms in total. The summed E-state index contributed by atoms with van der Waals surface area (Å²) < 4.78 is 0. The standard InChI is InChI=1S/C25H26S/c1-3-22(2)14-13-21-26(23-15-7-4-8-16-23,24-17-9-5-10-18-24)25-19-11-6-12-20-25/h3-20H,21H2,1-2H3/b14-13-,22-3-. The van der Waals surface area contributed by atoms with E-state index in [1.54, 1.807) is 0 Å². The Morgan fingerprint density at radius 3 is 1.42 bits per heavy atom. The molecule has 0 N–H and O–H groups in total. The first kappa shape index (κ1) is 18.3. The lowest BCUT2D eigenvalue weighted by atomic mass is 10.3. The van der Waals surface area contributed by atoms with Gasteiger partial charge in [-0.1, -0.05) is 78.4 Å². The highest BCUT2D eigenvalue weighted by molar-refractivity contribution is 8.34. The molecule has 132 valence electrons. The number of hydrogen-bond donors (Lipinski definition) is 0. The van der Waals surface area contributed by atoms with E-state index in [1.165, 1.54) is 20.3 Å². The van der Waals surface area contributed by atoms with Crippen LogP contribution in [0.1, 0.15) is 13.8 Å². The van der Waals surface area contributed by atoms with E-state index in [2.05, 4.69) is 123 Å². The summed E-state index contributed by atoms with van der Waals surface area (Å²) >= 11 is 0. The number of allylic oxidation sites excluding steroid dienone is 3. The van der Waals surface area contributed by atoms with Gasteiger partial charge in [0.1, 0.15) is 0 Å². The van der Waals surface area contributed by atoms with Crippen LogP contribution in [0.5, 0.6) is 0 Å². The molecule has 0 saturated carbocycles. The fourth-order valence-electron chi connectivity index (χ4n) is 3.13. The van der Waals surface area contributed by atoms with Crippen molar-refractivity contribution < 1.29 is 0 Å². The summed E-state index contributed by atoms with van der Waals surface area (Å²) in [5, 5.41) is 0. The van der Waals surface area contributed by atoms with Crippen LogP contribution in [-0.4, -0.2) is 5.75 Å². The smallest absolute Gasteiger partial charge is 0.00759 e. The zero-order chi connectivity index (χ0) is 18.2. The number of benzene rings is 3. The van der Waals surface area contributed by atoms with Gasteiger partial charge < -0.3 is 0 Å². The monoisotopic (exact) mass is 358 g/mol. The topological polar surface area (TPSA) is 0 Å². The Morgan fingerprint density at radius 2 is 1.08 bits per heavy atom. The maximum absolute atomic E-state index is 2.34. The average Bonchev–Trinajstić information content (AvgIpc) is 2.73. The van der Waals surface area contributed by atoms with Crippen LogP contribution in [0.15, 0.2) is 129 Å². The summed E-state index contributed by atoms with van der Waals surface area (Å²) in [6.07, 6.45) is 6.75. The van der Waals surface area contributed by atoms with Crippen molar-refractivity contribution in [2.75, 3.05) is 5.75 Å². The van der Waals surface area contributed by atoms with Crippen molar-refractivity contribution >= 4 is 10.0 Å². The van der Waals surface area contributed by atoms with Gasteiger partial charge in [0.05, 0.1) is 0 Å². The molecule has 0 aliphatic rings. The van der Waals surface area contributed by atoms with Gasteiger partial charge in [0.25, 0.3) is 0 Å². The molecule has 0 bridgehead atoms. The molecule has 0 aliphatic carbocycles. The molecule has 0 unspecified atom stereocenters. The Kier molecular flexibility index (Phi) is 6.14. The molecular formula is C25H26S. The molecule has 3 aromatic carbocycles. The van der Waals surface area contributed by atoms with Crippen molar-refractivity contribution in [1.82, 2.24) is 0 Å². The summed E-state index contributed by atoms with van der Waals surface area (Å²) in [5.74, 6) is 0.996. The van der Waals surface area contributed by atoms with E-state index in [4.69, 9.17) is 0 Å². The number of rotatable bonds is 6. The first-order chi connectivity index (χ1) is 12.8. The van der Waals surface area contributed by atoms with Crippen LogP contribution in [0.25, 0.3) is 0 Å². The Morgan fingerprint density at radius 1 is 0.692 bits per heavy atom. The minimum Gasteiger partial charge on any atom is -0.157 e. The van der Waals surface area contributed by atoms with Gasteiger partial charge >= 0.3 is 0 Å². The predicted molar refractivity (Wildman–Crippen MR) is 115 cm³/mol. The third kappa shape index (κ3) is 3.84. The van der Waals surface area contributed by atoms with Gasteiger partial charge in [-0.25, -0.2) is 0 Å². The lowest BCUT2D eigenvalue weighted by molar-refractivity contribution is 1.28. The zero-order valence-corrected chi connectivity index (χ0v) is 16.3. The Hall–Kier alpha value is -2.51. The lowest BCUT2D eigenvalue weighted by Crippen LogP contribution is -2.07. The molecule has 0 aromatic heterocycles. The lowest BCUT2D eigenvalue weighted by Gasteiger charge is -2.41. The second-order valence-corrected chi connectivity index (χ2v) is 9.51. The second kappa shape index (κ2) is 8.73. The van der Waals surface area contributed by atoms with Gasteiger partial charge in [-0.05, 0) is 64.9 Å². The highest BCUT2D eigenvalue weighted by atomic mass is 32.3. The predicted octanol–water partition coefficient (Wildman–Crippen LogP) is 7.49. The van der Waals surface area contributed by atoms with Gasteiger partial charge in [0, 0.05) is 5.75 Å². The molecule has 0 heterocycles. The van der Waals surface area contributed by atoms with Crippen molar-refractivity contribution in [3.05, 3.63) is 115 Å². The fourth-order valence-corrected chi connectivity index (χ4v) is 6.77. The summed E-state index contributed by atoms with van der Waals surface area (Å²) in [5.41, 5.74) is 1.30. The summed E-state index contributed by atoms with van der Waals surface area (Å²) in [7, 11) is -1.35. The van der Waals surface area contributed by atoms with Crippen LogP contribution in [0.4, 0.5) is 0 Å². The van der Waals surface area contributed by atoms with Crippen LogP contribution < -0.4 is 0 Å². The molecule has 0 spiro atoms. The van der Waals surface area contributed by atoms with Crippen LogP contribution in [-0.2, 0) is 0 Å². The van der Waals surface area contributed by atoms with Gasteiger partial charge in [0.2, 0.25) is 0 Å². The highest BCUT2D eigenvalue weighted by Crippen LogP contribution is 2.68. The molecule has 0 radical (unpaired) electrons. The van der Waals surface area contributed by atoms with E-state index in [9.17, 15) is 0 Å². The zero-order valence-electron chi connectivity index (χ0n) is 15.5. The van der Waals surface area contributed by atoms with E-state index >= 15 is 0 Å². The molecule has 0 fully saturated rings. The normalized spacial score (nSPS) is 13.1. The van der Waals surface area contributed by atoms with E-state index in [-0.39, 0.29) is 0 Å². The van der Waals surface area contributed by atoms with Gasteiger partial charge in [-0.3, -0.25) is 0 Å². The molecular weight excluding hydrogens is 332 g/mol. The fraction of sp³-hybridized carbons (Fsp3) is 0.120. The molecule has 0 aliphatic heterocycles. The minimum atomic E-state index is -1.35. The summed E-state index contributed by atoms with van der Waals surface area (Å²) in [6.45, 7) is 4.24. The second-order valence-electron chi connectivity index (χ2n) is 6.28. The van der Waals surface area contributed by atoms with Crippen LogP contribution >= 0.6 is 10.0 Å². The maximum atomic E-state index is 2.34. The quantitative estimate of drug-likeness (QED) is 0.400. The first-order valence-corrected chi connectivity index (χ1v) is 10.8. The Labute approximate surface area is 159 Å². The maximum Gasteiger partial charge on any atom is 0.00759 e. The largest absolute Gasteiger partial charge is 0.157 e. The highest BCUT2D eigenvalue weighted by Gasteiger charge is 2.29. The molecule has 26 heavy (non-hydrogen) atoms. The van der Waals surface area contributed by atoms with Gasteiger partial charge in [0.15, 0.2) is 0 Å². The van der Waals surface area contributed by atoms with Crippen molar-refractivity contribution in [2.24, 2.45) is 0 Å². The van der Waals surface area contributed by atoms with E-state index in [1.807, 2.05) is 0 Å².